The minimum absolute atomic E-state index is 0.217. The zero-order valence-corrected chi connectivity index (χ0v) is 21.0. The summed E-state index contributed by atoms with van der Waals surface area (Å²) >= 11 is 4.28. The standard InChI is InChI=1S/C11H12INO3.C9H10INO2/c1-6-4-10(13-7(2)14)8(5-9(6)12)11(15)16-3;1-5-3-8(11)6(4-7(5)10)9(12)13-2/h4-5H,1-3H3,(H,13,14);3-4H,11H2,1-2H3. The zero-order valence-electron chi connectivity index (χ0n) is 16.7. The number of anilines is 2. The number of carbonyl (C=O) groups excluding carboxylic acids is 3. The molecule has 0 aliphatic carbocycles. The minimum Gasteiger partial charge on any atom is -0.465 e. The van der Waals surface area contributed by atoms with Crippen LogP contribution in [0.15, 0.2) is 24.3 Å². The van der Waals surface area contributed by atoms with Crippen molar-refractivity contribution in [2.75, 3.05) is 25.3 Å². The predicted molar refractivity (Wildman–Crippen MR) is 129 cm³/mol. The molecule has 0 aliphatic rings. The molecule has 0 saturated carbocycles. The van der Waals surface area contributed by atoms with Crippen LogP contribution in [-0.2, 0) is 14.3 Å². The molecule has 0 atom stereocenters. The van der Waals surface area contributed by atoms with E-state index in [1.807, 2.05) is 13.8 Å². The number of aryl methyl sites for hydroxylation is 2. The molecule has 9 heteroatoms. The molecule has 7 nitrogen and oxygen atoms in total. The highest BCUT2D eigenvalue weighted by atomic mass is 127. The van der Waals surface area contributed by atoms with Gasteiger partial charge in [-0.15, -0.1) is 0 Å². The van der Waals surface area contributed by atoms with Crippen LogP contribution in [0.25, 0.3) is 0 Å². The number of nitrogen functional groups attached to an aromatic ring is 1. The smallest absolute Gasteiger partial charge is 0.340 e. The van der Waals surface area contributed by atoms with Crippen molar-refractivity contribution in [3.8, 4) is 0 Å². The Morgan fingerprint density at radius 1 is 0.862 bits per heavy atom. The zero-order chi connectivity index (χ0) is 22.3. The largest absolute Gasteiger partial charge is 0.465 e. The molecule has 0 heterocycles. The highest BCUT2D eigenvalue weighted by Gasteiger charge is 2.15. The van der Waals surface area contributed by atoms with E-state index >= 15 is 0 Å². The number of hydrogen-bond donors (Lipinski definition) is 2. The fraction of sp³-hybridized carbons (Fsp3) is 0.250. The number of hydrogen-bond acceptors (Lipinski definition) is 6. The number of carbonyl (C=O) groups is 3. The van der Waals surface area contributed by atoms with Gasteiger partial charge in [0.25, 0.3) is 0 Å². The van der Waals surface area contributed by atoms with E-state index in [0.717, 1.165) is 18.3 Å². The molecular weight excluding hydrogens is 602 g/mol. The van der Waals surface area contributed by atoms with Crippen molar-refractivity contribution in [1.82, 2.24) is 0 Å². The third kappa shape index (κ3) is 7.14. The van der Waals surface area contributed by atoms with Gasteiger partial charge in [0.2, 0.25) is 5.91 Å². The maximum Gasteiger partial charge on any atom is 0.340 e. The number of amides is 1. The topological polar surface area (TPSA) is 108 Å². The van der Waals surface area contributed by atoms with E-state index in [1.165, 1.54) is 21.1 Å². The molecule has 0 fully saturated rings. The number of benzene rings is 2. The average Bonchev–Trinajstić information content (AvgIpc) is 2.66. The van der Waals surface area contributed by atoms with Gasteiger partial charge in [0.1, 0.15) is 0 Å². The van der Waals surface area contributed by atoms with Gasteiger partial charge in [0.05, 0.1) is 31.0 Å². The van der Waals surface area contributed by atoms with Crippen molar-refractivity contribution in [2.24, 2.45) is 0 Å². The SMILES string of the molecule is COC(=O)c1cc(I)c(C)cc1N.COC(=O)c1cc(I)c(C)cc1NC(C)=O. The quantitative estimate of drug-likeness (QED) is 0.300. The van der Waals surface area contributed by atoms with Crippen LogP contribution in [-0.4, -0.2) is 32.1 Å². The molecule has 156 valence electrons. The summed E-state index contributed by atoms with van der Waals surface area (Å²) in [5.74, 6) is -1.07. The molecule has 0 saturated heterocycles. The fourth-order valence-electron chi connectivity index (χ4n) is 2.24. The van der Waals surface area contributed by atoms with Crippen molar-refractivity contribution < 1.29 is 23.9 Å². The number of nitrogens with two attached hydrogens (primary N) is 1. The van der Waals surface area contributed by atoms with Crippen molar-refractivity contribution in [2.45, 2.75) is 20.8 Å². The van der Waals surface area contributed by atoms with Gasteiger partial charge in [-0.3, -0.25) is 4.79 Å². The van der Waals surface area contributed by atoms with Crippen LogP contribution in [0.4, 0.5) is 11.4 Å². The first-order chi connectivity index (χ1) is 13.5. The number of esters is 2. The highest BCUT2D eigenvalue weighted by molar-refractivity contribution is 14.1. The van der Waals surface area contributed by atoms with Crippen LogP contribution in [0.3, 0.4) is 0 Å². The van der Waals surface area contributed by atoms with E-state index in [-0.39, 0.29) is 5.91 Å². The second kappa shape index (κ2) is 11.3. The summed E-state index contributed by atoms with van der Waals surface area (Å²) in [5, 5.41) is 2.61. The van der Waals surface area contributed by atoms with E-state index < -0.39 is 11.9 Å². The summed E-state index contributed by atoms with van der Waals surface area (Å²) in [6.07, 6.45) is 0. The van der Waals surface area contributed by atoms with Crippen LogP contribution in [0, 0.1) is 21.0 Å². The van der Waals surface area contributed by atoms with Gasteiger partial charge in [0.15, 0.2) is 0 Å². The lowest BCUT2D eigenvalue weighted by Gasteiger charge is -2.10. The molecule has 2 aromatic carbocycles. The van der Waals surface area contributed by atoms with Crippen LogP contribution in [0.1, 0.15) is 38.8 Å². The van der Waals surface area contributed by atoms with E-state index in [0.29, 0.717) is 22.5 Å². The summed E-state index contributed by atoms with van der Waals surface area (Å²) in [5.41, 5.74) is 9.46. The van der Waals surface area contributed by atoms with Crippen LogP contribution >= 0.6 is 45.2 Å². The number of halogens is 2. The van der Waals surface area contributed by atoms with E-state index in [4.69, 9.17) is 5.73 Å². The second-order valence-electron chi connectivity index (χ2n) is 6.00. The van der Waals surface area contributed by atoms with Crippen molar-refractivity contribution >= 4 is 74.4 Å². The lowest BCUT2D eigenvalue weighted by molar-refractivity contribution is -0.114. The molecule has 3 N–H and O–H groups in total. The first-order valence-corrected chi connectivity index (χ1v) is 10.5. The van der Waals surface area contributed by atoms with Crippen molar-refractivity contribution in [3.63, 3.8) is 0 Å². The molecule has 1 amide bonds. The molecule has 29 heavy (non-hydrogen) atoms. The Bertz CT molecular complexity index is 945. The Hall–Kier alpha value is -1.89. The first kappa shape index (κ1) is 25.1. The Labute approximate surface area is 197 Å². The van der Waals surface area contributed by atoms with E-state index in [1.54, 1.807) is 24.3 Å². The molecule has 0 unspecified atom stereocenters. The Morgan fingerprint density at radius 2 is 1.31 bits per heavy atom. The summed E-state index contributed by atoms with van der Waals surface area (Å²) in [7, 11) is 2.65. The minimum atomic E-state index is -0.457. The third-order valence-corrected chi connectivity index (χ3v) is 6.08. The highest BCUT2D eigenvalue weighted by Crippen LogP contribution is 2.23. The molecule has 0 aromatic heterocycles. The van der Waals surface area contributed by atoms with Gasteiger partial charge < -0.3 is 20.5 Å². The maximum atomic E-state index is 11.5. The van der Waals surface area contributed by atoms with Gasteiger partial charge in [-0.05, 0) is 94.4 Å². The van der Waals surface area contributed by atoms with Gasteiger partial charge in [-0.25, -0.2) is 9.59 Å². The van der Waals surface area contributed by atoms with Crippen LogP contribution < -0.4 is 11.1 Å². The molecule has 0 bridgehead atoms. The lowest BCUT2D eigenvalue weighted by atomic mass is 10.1. The third-order valence-electron chi connectivity index (χ3n) is 3.75. The summed E-state index contributed by atoms with van der Waals surface area (Å²) in [6, 6.07) is 6.97. The molecular formula is C20H22I2N2O5. The summed E-state index contributed by atoms with van der Waals surface area (Å²) in [6.45, 7) is 5.25. The molecule has 0 spiro atoms. The summed E-state index contributed by atoms with van der Waals surface area (Å²) < 4.78 is 11.2. The van der Waals surface area contributed by atoms with E-state index in [2.05, 4.69) is 60.0 Å². The van der Waals surface area contributed by atoms with E-state index in [9.17, 15) is 14.4 Å². The van der Waals surface area contributed by atoms with Crippen LogP contribution in [0.5, 0.6) is 0 Å². The average molecular weight is 624 g/mol. The maximum absolute atomic E-state index is 11.5. The first-order valence-electron chi connectivity index (χ1n) is 8.31. The number of rotatable bonds is 3. The molecule has 0 aliphatic heterocycles. The monoisotopic (exact) mass is 624 g/mol. The Morgan fingerprint density at radius 3 is 1.79 bits per heavy atom. The summed E-state index contributed by atoms with van der Waals surface area (Å²) in [4.78, 5) is 33.7. The number of methoxy groups -OCH3 is 2. The van der Waals surface area contributed by atoms with Gasteiger partial charge in [-0.2, -0.15) is 0 Å². The van der Waals surface area contributed by atoms with Gasteiger partial charge in [-0.1, -0.05) is 0 Å². The Kier molecular flexibility index (Phi) is 9.83. The number of nitrogens with one attached hydrogen (secondary N) is 1. The normalized spacial score (nSPS) is 9.76. The Balaban J connectivity index is 0.000000296. The van der Waals surface area contributed by atoms with Crippen molar-refractivity contribution in [3.05, 3.63) is 53.7 Å². The second-order valence-corrected chi connectivity index (χ2v) is 8.32. The predicted octanol–water partition coefficient (Wildman–Crippen LogP) is 4.31. The molecule has 2 rings (SSSR count). The molecule has 0 radical (unpaired) electrons. The molecule has 2 aromatic rings. The van der Waals surface area contributed by atoms with Crippen LogP contribution in [0.2, 0.25) is 0 Å². The van der Waals surface area contributed by atoms with Crippen molar-refractivity contribution in [1.29, 1.82) is 0 Å². The number of ether oxygens (including phenoxy) is 2. The fourth-order valence-corrected chi connectivity index (χ4v) is 3.18. The van der Waals surface area contributed by atoms with Gasteiger partial charge in [0, 0.05) is 19.8 Å². The lowest BCUT2D eigenvalue weighted by Crippen LogP contribution is -2.12. The van der Waals surface area contributed by atoms with Gasteiger partial charge >= 0.3 is 11.9 Å².